The van der Waals surface area contributed by atoms with Crippen LogP contribution < -0.4 is 5.73 Å². The number of piperidine rings is 1. The van der Waals surface area contributed by atoms with Gasteiger partial charge in [0.15, 0.2) is 0 Å². The molecular formula is C16H26N2O2. The van der Waals surface area contributed by atoms with E-state index in [2.05, 4.69) is 4.90 Å². The molecule has 2 unspecified atom stereocenters. The third kappa shape index (κ3) is 5.21. The Morgan fingerprint density at radius 2 is 2.15 bits per heavy atom. The molecular weight excluding hydrogens is 252 g/mol. The lowest BCUT2D eigenvalue weighted by atomic mass is 9.98. The van der Waals surface area contributed by atoms with Crippen molar-refractivity contribution in [1.82, 2.24) is 4.90 Å². The van der Waals surface area contributed by atoms with Gasteiger partial charge in [0, 0.05) is 13.1 Å². The molecule has 0 spiro atoms. The molecule has 1 aliphatic rings. The maximum atomic E-state index is 10.0. The number of aliphatic hydroxyl groups is 1. The second-order valence-corrected chi connectivity index (χ2v) is 5.66. The smallest absolute Gasteiger partial charge is 0.0900 e. The molecule has 0 radical (unpaired) electrons. The topological polar surface area (TPSA) is 58.7 Å². The standard InChI is InChI=1S/C16H26N2O2/c17-9-15-7-4-8-18(10-15)11-16(19)13-20-12-14-5-2-1-3-6-14/h1-3,5-6,15-16,19H,4,7-13,17H2. The Kier molecular flexibility index (Phi) is 6.47. The molecule has 0 aliphatic carbocycles. The Labute approximate surface area is 121 Å². The van der Waals surface area contributed by atoms with E-state index in [1.54, 1.807) is 0 Å². The fourth-order valence-corrected chi connectivity index (χ4v) is 2.75. The van der Waals surface area contributed by atoms with Gasteiger partial charge in [0.25, 0.3) is 0 Å². The van der Waals surface area contributed by atoms with Crippen molar-refractivity contribution in [1.29, 1.82) is 0 Å². The Morgan fingerprint density at radius 1 is 1.35 bits per heavy atom. The van der Waals surface area contributed by atoms with Gasteiger partial charge in [-0.25, -0.2) is 0 Å². The first-order valence-electron chi connectivity index (χ1n) is 7.50. The normalized spacial score (nSPS) is 21.8. The molecule has 20 heavy (non-hydrogen) atoms. The lowest BCUT2D eigenvalue weighted by Crippen LogP contribution is -2.43. The van der Waals surface area contributed by atoms with E-state index < -0.39 is 6.10 Å². The van der Waals surface area contributed by atoms with Crippen molar-refractivity contribution in [3.8, 4) is 0 Å². The first-order chi connectivity index (χ1) is 9.78. The van der Waals surface area contributed by atoms with Crippen LogP contribution in [0.1, 0.15) is 18.4 Å². The molecule has 0 saturated carbocycles. The Morgan fingerprint density at radius 3 is 2.90 bits per heavy atom. The van der Waals surface area contributed by atoms with Crippen LogP contribution in [-0.2, 0) is 11.3 Å². The zero-order valence-corrected chi connectivity index (χ0v) is 12.1. The maximum Gasteiger partial charge on any atom is 0.0900 e. The highest BCUT2D eigenvalue weighted by Crippen LogP contribution is 2.15. The molecule has 3 N–H and O–H groups in total. The second kappa shape index (κ2) is 8.37. The van der Waals surface area contributed by atoms with Crippen molar-refractivity contribution in [3.63, 3.8) is 0 Å². The lowest BCUT2D eigenvalue weighted by Gasteiger charge is -2.33. The van der Waals surface area contributed by atoms with E-state index in [0.29, 0.717) is 25.7 Å². The predicted molar refractivity (Wildman–Crippen MR) is 80.3 cm³/mol. The number of rotatable bonds is 7. The van der Waals surface area contributed by atoms with Crippen LogP contribution in [0.25, 0.3) is 0 Å². The molecule has 2 atom stereocenters. The molecule has 112 valence electrons. The first-order valence-corrected chi connectivity index (χ1v) is 7.50. The Hall–Kier alpha value is -0.940. The summed E-state index contributed by atoms with van der Waals surface area (Å²) in [6.45, 7) is 4.45. The summed E-state index contributed by atoms with van der Waals surface area (Å²) in [4.78, 5) is 2.30. The van der Waals surface area contributed by atoms with Crippen LogP contribution in [0.4, 0.5) is 0 Å². The largest absolute Gasteiger partial charge is 0.389 e. The number of aliphatic hydroxyl groups excluding tert-OH is 1. The van der Waals surface area contributed by atoms with Gasteiger partial charge in [-0.2, -0.15) is 0 Å². The summed E-state index contributed by atoms with van der Waals surface area (Å²) in [5, 5.41) is 10.0. The number of ether oxygens (including phenoxy) is 1. The highest BCUT2D eigenvalue weighted by atomic mass is 16.5. The van der Waals surface area contributed by atoms with Crippen molar-refractivity contribution < 1.29 is 9.84 Å². The molecule has 4 nitrogen and oxygen atoms in total. The fraction of sp³-hybridized carbons (Fsp3) is 0.625. The van der Waals surface area contributed by atoms with Gasteiger partial charge in [0.1, 0.15) is 0 Å². The van der Waals surface area contributed by atoms with Gasteiger partial charge in [-0.15, -0.1) is 0 Å². The summed E-state index contributed by atoms with van der Waals surface area (Å²) in [6, 6.07) is 10.0. The summed E-state index contributed by atoms with van der Waals surface area (Å²) in [7, 11) is 0. The van der Waals surface area contributed by atoms with Gasteiger partial charge in [-0.05, 0) is 37.4 Å². The molecule has 4 heteroatoms. The number of hydrogen-bond acceptors (Lipinski definition) is 4. The summed E-state index contributed by atoms with van der Waals surface area (Å²) >= 11 is 0. The number of benzene rings is 1. The van der Waals surface area contributed by atoms with E-state index in [1.165, 1.54) is 12.8 Å². The zero-order chi connectivity index (χ0) is 14.2. The molecule has 1 aromatic rings. The van der Waals surface area contributed by atoms with Crippen LogP contribution in [0.2, 0.25) is 0 Å². The van der Waals surface area contributed by atoms with Gasteiger partial charge >= 0.3 is 0 Å². The van der Waals surface area contributed by atoms with Crippen molar-refractivity contribution in [2.75, 3.05) is 32.8 Å². The molecule has 0 bridgehead atoms. The van der Waals surface area contributed by atoms with Crippen molar-refractivity contribution in [2.24, 2.45) is 11.7 Å². The first kappa shape index (κ1) is 15.4. The molecule has 1 aromatic carbocycles. The van der Waals surface area contributed by atoms with Crippen molar-refractivity contribution in [2.45, 2.75) is 25.6 Å². The molecule has 1 fully saturated rings. The molecule has 0 amide bonds. The maximum absolute atomic E-state index is 10.0. The number of nitrogens with two attached hydrogens (primary N) is 1. The molecule has 1 heterocycles. The second-order valence-electron chi connectivity index (χ2n) is 5.66. The van der Waals surface area contributed by atoms with E-state index in [-0.39, 0.29) is 0 Å². The quantitative estimate of drug-likeness (QED) is 0.788. The average Bonchev–Trinajstić information content (AvgIpc) is 2.48. The van der Waals surface area contributed by atoms with E-state index in [9.17, 15) is 5.11 Å². The molecule has 1 aliphatic heterocycles. The summed E-state index contributed by atoms with van der Waals surface area (Å²) < 4.78 is 5.57. The molecule has 1 saturated heterocycles. The van der Waals surface area contributed by atoms with Gasteiger partial charge in [-0.3, -0.25) is 0 Å². The summed E-state index contributed by atoms with van der Waals surface area (Å²) in [5.41, 5.74) is 6.87. The highest BCUT2D eigenvalue weighted by Gasteiger charge is 2.20. The number of hydrogen-bond donors (Lipinski definition) is 2. The van der Waals surface area contributed by atoms with Crippen LogP contribution in [0.15, 0.2) is 30.3 Å². The third-order valence-corrected chi connectivity index (χ3v) is 3.83. The van der Waals surface area contributed by atoms with Crippen LogP contribution in [0.5, 0.6) is 0 Å². The number of nitrogens with zero attached hydrogens (tertiary/aromatic N) is 1. The van der Waals surface area contributed by atoms with Crippen molar-refractivity contribution >= 4 is 0 Å². The van der Waals surface area contributed by atoms with E-state index >= 15 is 0 Å². The number of β-amino-alcohol motifs (C(OH)–C–C–N with tert-alkyl or cyclic N) is 1. The Balaban J connectivity index is 1.63. The number of likely N-dealkylation sites (tertiary alicyclic amines) is 1. The van der Waals surface area contributed by atoms with E-state index in [0.717, 1.165) is 25.2 Å². The summed E-state index contributed by atoms with van der Waals surface area (Å²) in [6.07, 6.45) is 1.97. The Bertz CT molecular complexity index is 372. The van der Waals surface area contributed by atoms with Gasteiger partial charge < -0.3 is 20.5 Å². The van der Waals surface area contributed by atoms with Gasteiger partial charge in [0.05, 0.1) is 19.3 Å². The van der Waals surface area contributed by atoms with Crippen LogP contribution in [0.3, 0.4) is 0 Å². The molecule has 2 rings (SSSR count). The fourth-order valence-electron chi connectivity index (χ4n) is 2.75. The minimum Gasteiger partial charge on any atom is -0.389 e. The van der Waals surface area contributed by atoms with Crippen molar-refractivity contribution in [3.05, 3.63) is 35.9 Å². The minimum atomic E-state index is -0.421. The monoisotopic (exact) mass is 278 g/mol. The van der Waals surface area contributed by atoms with E-state index in [4.69, 9.17) is 10.5 Å². The average molecular weight is 278 g/mol. The van der Waals surface area contributed by atoms with Crippen LogP contribution in [-0.4, -0.2) is 48.9 Å². The molecule has 0 aromatic heterocycles. The zero-order valence-electron chi connectivity index (χ0n) is 12.1. The highest BCUT2D eigenvalue weighted by molar-refractivity contribution is 5.13. The predicted octanol–water partition coefficient (Wildman–Crippen LogP) is 1.23. The summed E-state index contributed by atoms with van der Waals surface area (Å²) in [5.74, 6) is 0.584. The van der Waals surface area contributed by atoms with Crippen LogP contribution in [0, 0.1) is 5.92 Å². The minimum absolute atomic E-state index is 0.388. The van der Waals surface area contributed by atoms with Crippen LogP contribution >= 0.6 is 0 Å². The lowest BCUT2D eigenvalue weighted by molar-refractivity contribution is 0.00339. The SMILES string of the molecule is NCC1CCCN(CC(O)COCc2ccccc2)C1. The van der Waals surface area contributed by atoms with Gasteiger partial charge in [-0.1, -0.05) is 30.3 Å². The third-order valence-electron chi connectivity index (χ3n) is 3.83. The van der Waals surface area contributed by atoms with Gasteiger partial charge in [0.2, 0.25) is 0 Å². The van der Waals surface area contributed by atoms with E-state index in [1.807, 2.05) is 30.3 Å².